The second-order valence-corrected chi connectivity index (χ2v) is 8.06. The zero-order chi connectivity index (χ0) is 19.1. The van der Waals surface area contributed by atoms with Crippen molar-refractivity contribution in [1.29, 1.82) is 0 Å². The lowest BCUT2D eigenvalue weighted by Crippen LogP contribution is -2.12. The molecular weight excluding hydrogens is 422 g/mol. The Hall–Kier alpha value is -2.49. The van der Waals surface area contributed by atoms with E-state index in [9.17, 15) is 18.3 Å². The van der Waals surface area contributed by atoms with Crippen LogP contribution in [0.4, 0.5) is 0 Å². The summed E-state index contributed by atoms with van der Waals surface area (Å²) in [5.41, 5.74) is 2.35. The van der Waals surface area contributed by atoms with Gasteiger partial charge in [-0.3, -0.25) is 0 Å². The summed E-state index contributed by atoms with van der Waals surface area (Å²) < 4.78 is 25.2. The van der Waals surface area contributed by atoms with Crippen molar-refractivity contribution in [3.63, 3.8) is 0 Å². The molecule has 0 saturated heterocycles. The third-order valence-electron chi connectivity index (χ3n) is 3.85. The van der Waals surface area contributed by atoms with Gasteiger partial charge in [0.05, 0.1) is 16.3 Å². The summed E-state index contributed by atoms with van der Waals surface area (Å²) in [6.45, 7) is 1.68. The number of benzene rings is 2. The number of sulfonamides is 1. The van der Waals surface area contributed by atoms with Crippen LogP contribution in [0, 0.1) is 6.92 Å². The molecule has 3 N–H and O–H groups in total. The van der Waals surface area contributed by atoms with Gasteiger partial charge in [-0.25, -0.2) is 23.0 Å². The highest BCUT2D eigenvalue weighted by molar-refractivity contribution is 9.10. The number of primary sulfonamides is 1. The summed E-state index contributed by atoms with van der Waals surface area (Å²) >= 11 is 3.37. The van der Waals surface area contributed by atoms with Gasteiger partial charge in [-0.05, 0) is 43.3 Å². The number of nitrogens with two attached hydrogens (primary N) is 1. The number of halogens is 1. The molecule has 0 aliphatic rings. The quantitative estimate of drug-likeness (QED) is 0.653. The van der Waals surface area contributed by atoms with E-state index in [2.05, 4.69) is 21.0 Å². The van der Waals surface area contributed by atoms with Gasteiger partial charge >= 0.3 is 5.97 Å². The van der Waals surface area contributed by atoms with E-state index in [1.54, 1.807) is 6.92 Å². The van der Waals surface area contributed by atoms with E-state index in [-0.39, 0.29) is 10.6 Å². The van der Waals surface area contributed by atoms with Crippen LogP contribution in [-0.4, -0.2) is 29.3 Å². The number of carbonyl (C=O) groups is 1. The lowest BCUT2D eigenvalue weighted by Gasteiger charge is -2.09. The van der Waals surface area contributed by atoms with Crippen molar-refractivity contribution >= 4 is 31.9 Å². The summed E-state index contributed by atoms with van der Waals surface area (Å²) in [4.78, 5) is 11.5. The molecule has 3 rings (SSSR count). The zero-order valence-electron chi connectivity index (χ0n) is 13.5. The molecule has 2 aromatic carbocycles. The Morgan fingerprint density at radius 3 is 2.19 bits per heavy atom. The Balaban J connectivity index is 2.22. The Kier molecular flexibility index (Phi) is 4.70. The summed E-state index contributed by atoms with van der Waals surface area (Å²) in [5, 5.41) is 18.7. The van der Waals surface area contributed by atoms with Gasteiger partial charge in [0.2, 0.25) is 10.0 Å². The van der Waals surface area contributed by atoms with E-state index < -0.39 is 16.0 Å². The molecule has 134 valence electrons. The van der Waals surface area contributed by atoms with Crippen LogP contribution < -0.4 is 5.14 Å². The van der Waals surface area contributed by atoms with Gasteiger partial charge in [0.15, 0.2) is 5.69 Å². The molecule has 0 radical (unpaired) electrons. The Bertz CT molecular complexity index is 1090. The van der Waals surface area contributed by atoms with Crippen molar-refractivity contribution in [3.8, 4) is 16.9 Å². The SMILES string of the molecule is Cc1c(C(=O)O)nn(-c2ccc(S(N)(=O)=O)cc2)c1-c1ccc(Br)cc1. The Labute approximate surface area is 158 Å². The van der Waals surface area contributed by atoms with Gasteiger partial charge in [-0.15, -0.1) is 0 Å². The highest BCUT2D eigenvalue weighted by Crippen LogP contribution is 2.30. The Morgan fingerprint density at radius 2 is 1.69 bits per heavy atom. The maximum atomic E-state index is 11.5. The molecule has 9 heteroatoms. The predicted molar refractivity (Wildman–Crippen MR) is 99.8 cm³/mol. The highest BCUT2D eigenvalue weighted by atomic mass is 79.9. The van der Waals surface area contributed by atoms with Gasteiger partial charge in [-0.1, -0.05) is 28.1 Å². The van der Waals surface area contributed by atoms with E-state index in [1.807, 2.05) is 24.3 Å². The van der Waals surface area contributed by atoms with Crippen LogP contribution in [0.5, 0.6) is 0 Å². The number of carboxylic acids is 1. The number of carboxylic acid groups (broad SMARTS) is 1. The van der Waals surface area contributed by atoms with Gasteiger partial charge < -0.3 is 5.11 Å². The molecular formula is C17H14BrN3O4S. The molecule has 0 aliphatic carbocycles. The zero-order valence-corrected chi connectivity index (χ0v) is 16.0. The van der Waals surface area contributed by atoms with Gasteiger partial charge in [0.25, 0.3) is 0 Å². The van der Waals surface area contributed by atoms with Crippen LogP contribution in [0.15, 0.2) is 57.9 Å². The summed E-state index contributed by atoms with van der Waals surface area (Å²) in [6.07, 6.45) is 0. The fourth-order valence-electron chi connectivity index (χ4n) is 2.61. The third kappa shape index (κ3) is 3.41. The van der Waals surface area contributed by atoms with Crippen LogP contribution in [0.25, 0.3) is 16.9 Å². The van der Waals surface area contributed by atoms with Crippen LogP contribution in [0.3, 0.4) is 0 Å². The fraction of sp³-hybridized carbons (Fsp3) is 0.0588. The van der Waals surface area contributed by atoms with E-state index in [4.69, 9.17) is 5.14 Å². The predicted octanol–water partition coefficient (Wildman–Crippen LogP) is 2.96. The maximum Gasteiger partial charge on any atom is 0.356 e. The molecule has 0 spiro atoms. The monoisotopic (exact) mass is 435 g/mol. The molecule has 1 heterocycles. The smallest absolute Gasteiger partial charge is 0.356 e. The van der Waals surface area contributed by atoms with Crippen molar-refractivity contribution < 1.29 is 18.3 Å². The minimum absolute atomic E-state index is 0.0335. The number of hydrogen-bond donors (Lipinski definition) is 2. The second kappa shape index (κ2) is 6.67. The van der Waals surface area contributed by atoms with Crippen molar-refractivity contribution in [3.05, 3.63) is 64.3 Å². The van der Waals surface area contributed by atoms with E-state index in [1.165, 1.54) is 28.9 Å². The van der Waals surface area contributed by atoms with E-state index in [0.29, 0.717) is 16.9 Å². The average molecular weight is 436 g/mol. The van der Waals surface area contributed by atoms with Gasteiger partial charge in [0.1, 0.15) is 0 Å². The normalized spacial score (nSPS) is 11.5. The molecule has 0 atom stereocenters. The number of aromatic carboxylic acids is 1. The van der Waals surface area contributed by atoms with Crippen LogP contribution in [0.2, 0.25) is 0 Å². The molecule has 7 nitrogen and oxygen atoms in total. The first kappa shape index (κ1) is 18.3. The van der Waals surface area contributed by atoms with Crippen LogP contribution >= 0.6 is 15.9 Å². The van der Waals surface area contributed by atoms with E-state index in [0.717, 1.165) is 10.0 Å². The van der Waals surface area contributed by atoms with Gasteiger partial charge in [-0.2, -0.15) is 5.10 Å². The van der Waals surface area contributed by atoms with Crippen molar-refractivity contribution in [2.45, 2.75) is 11.8 Å². The topological polar surface area (TPSA) is 115 Å². The summed E-state index contributed by atoms with van der Waals surface area (Å²) in [6, 6.07) is 13.1. The molecule has 0 aliphatic heterocycles. The molecule has 3 aromatic rings. The minimum Gasteiger partial charge on any atom is -0.476 e. The number of aromatic nitrogens is 2. The second-order valence-electron chi connectivity index (χ2n) is 5.58. The highest BCUT2D eigenvalue weighted by Gasteiger charge is 2.21. The molecule has 0 saturated carbocycles. The Morgan fingerprint density at radius 1 is 1.12 bits per heavy atom. The number of hydrogen-bond acceptors (Lipinski definition) is 4. The summed E-state index contributed by atoms with van der Waals surface area (Å²) in [5.74, 6) is -1.14. The third-order valence-corrected chi connectivity index (χ3v) is 5.31. The first-order valence-electron chi connectivity index (χ1n) is 7.40. The van der Waals surface area contributed by atoms with Gasteiger partial charge in [0, 0.05) is 15.6 Å². The largest absolute Gasteiger partial charge is 0.476 e. The van der Waals surface area contributed by atoms with E-state index >= 15 is 0 Å². The van der Waals surface area contributed by atoms with Crippen LogP contribution in [0.1, 0.15) is 16.1 Å². The van der Waals surface area contributed by atoms with Crippen molar-refractivity contribution in [2.24, 2.45) is 5.14 Å². The number of rotatable bonds is 4. The molecule has 1 aromatic heterocycles. The summed E-state index contributed by atoms with van der Waals surface area (Å²) in [7, 11) is -3.81. The fourth-order valence-corrected chi connectivity index (χ4v) is 3.39. The minimum atomic E-state index is -3.81. The lowest BCUT2D eigenvalue weighted by molar-refractivity contribution is 0.0689. The van der Waals surface area contributed by atoms with Crippen molar-refractivity contribution in [1.82, 2.24) is 9.78 Å². The molecule has 26 heavy (non-hydrogen) atoms. The standard InChI is InChI=1S/C17H14BrN3O4S/c1-10-15(17(22)23)20-21(16(10)11-2-4-12(18)5-3-11)13-6-8-14(9-7-13)26(19,24)25/h2-9H,1H3,(H,22,23)(H2,19,24,25). The molecule has 0 unspecified atom stereocenters. The van der Waals surface area contributed by atoms with Crippen molar-refractivity contribution in [2.75, 3.05) is 0 Å². The molecule has 0 fully saturated rings. The average Bonchev–Trinajstić information content (AvgIpc) is 2.92. The first-order chi connectivity index (χ1) is 12.2. The van der Waals surface area contributed by atoms with Crippen LogP contribution in [-0.2, 0) is 10.0 Å². The molecule has 0 amide bonds. The number of nitrogens with zero attached hydrogens (tertiary/aromatic N) is 2. The first-order valence-corrected chi connectivity index (χ1v) is 9.74. The lowest BCUT2D eigenvalue weighted by atomic mass is 10.1. The maximum absolute atomic E-state index is 11.5. The molecule has 0 bridgehead atoms.